The minimum absolute atomic E-state index is 0.674. The van der Waals surface area contributed by atoms with E-state index in [1.165, 1.54) is 39.1 Å². The molecule has 1 N–H and O–H groups in total. The molecule has 19 heavy (non-hydrogen) atoms. The van der Waals surface area contributed by atoms with E-state index in [1.54, 1.807) is 0 Å². The Bertz CT molecular complexity index is 220. The van der Waals surface area contributed by atoms with E-state index in [1.807, 2.05) is 0 Å². The van der Waals surface area contributed by atoms with Gasteiger partial charge in [-0.2, -0.15) is 0 Å². The van der Waals surface area contributed by atoms with Crippen molar-refractivity contribution in [1.29, 1.82) is 0 Å². The van der Waals surface area contributed by atoms with Gasteiger partial charge in [0.1, 0.15) is 0 Å². The van der Waals surface area contributed by atoms with Crippen LogP contribution in [-0.2, 0) is 0 Å². The lowest BCUT2D eigenvalue weighted by Gasteiger charge is -2.38. The summed E-state index contributed by atoms with van der Waals surface area (Å²) in [6, 6.07) is 0.674. The Hall–Kier alpha value is -0.120. The third kappa shape index (κ3) is 7.28. The number of rotatable bonds is 8. The van der Waals surface area contributed by atoms with Crippen molar-refractivity contribution in [2.45, 2.75) is 47.1 Å². The molecule has 0 aliphatic carbocycles. The monoisotopic (exact) mass is 269 g/mol. The summed E-state index contributed by atoms with van der Waals surface area (Å²) in [4.78, 5) is 5.25. The van der Waals surface area contributed by atoms with E-state index in [2.05, 4.69) is 49.7 Å². The van der Waals surface area contributed by atoms with Crippen LogP contribution in [0.2, 0.25) is 0 Å². The minimum Gasteiger partial charge on any atom is -0.315 e. The lowest BCUT2D eigenvalue weighted by Crippen LogP contribution is -2.52. The van der Waals surface area contributed by atoms with Gasteiger partial charge in [0.15, 0.2) is 0 Å². The Morgan fingerprint density at radius 2 is 1.53 bits per heavy atom. The van der Waals surface area contributed by atoms with Crippen molar-refractivity contribution >= 4 is 0 Å². The number of hydrogen-bond acceptors (Lipinski definition) is 3. The molecule has 1 heterocycles. The average Bonchev–Trinajstić information content (AvgIpc) is 2.34. The lowest BCUT2D eigenvalue weighted by molar-refractivity contribution is 0.0942. The summed E-state index contributed by atoms with van der Waals surface area (Å²) in [5, 5.41) is 3.60. The summed E-state index contributed by atoms with van der Waals surface area (Å²) in [6.07, 6.45) is 1.29. The van der Waals surface area contributed by atoms with Crippen molar-refractivity contribution in [2.75, 3.05) is 45.8 Å². The summed E-state index contributed by atoms with van der Waals surface area (Å²) in [6.45, 7) is 20.1. The van der Waals surface area contributed by atoms with Gasteiger partial charge < -0.3 is 10.2 Å². The average molecular weight is 269 g/mol. The first-order valence-electron chi connectivity index (χ1n) is 8.16. The molecule has 114 valence electrons. The van der Waals surface area contributed by atoms with Crippen LogP contribution < -0.4 is 5.32 Å². The van der Waals surface area contributed by atoms with Crippen LogP contribution in [0.5, 0.6) is 0 Å². The van der Waals surface area contributed by atoms with E-state index in [9.17, 15) is 0 Å². The molecule has 0 saturated carbocycles. The number of piperazine rings is 1. The van der Waals surface area contributed by atoms with Gasteiger partial charge in [0.2, 0.25) is 0 Å². The van der Waals surface area contributed by atoms with Crippen LogP contribution in [-0.4, -0.2) is 61.7 Å². The topological polar surface area (TPSA) is 18.5 Å². The van der Waals surface area contributed by atoms with Crippen LogP contribution in [0.15, 0.2) is 0 Å². The Kier molecular flexibility index (Phi) is 7.96. The van der Waals surface area contributed by atoms with Gasteiger partial charge in [-0.25, -0.2) is 0 Å². The van der Waals surface area contributed by atoms with Gasteiger partial charge in [0.25, 0.3) is 0 Å². The zero-order valence-electron chi connectivity index (χ0n) is 13.8. The third-order valence-electron chi connectivity index (χ3n) is 3.99. The van der Waals surface area contributed by atoms with Crippen molar-refractivity contribution in [3.05, 3.63) is 0 Å². The highest BCUT2D eigenvalue weighted by Gasteiger charge is 2.20. The molecule has 1 aliphatic heterocycles. The SMILES string of the molecule is CC(C)CCNCC(C)N1CCN(CC(C)C)CC1. The largest absolute Gasteiger partial charge is 0.315 e. The third-order valence-corrected chi connectivity index (χ3v) is 3.99. The van der Waals surface area contributed by atoms with E-state index in [0.717, 1.165) is 24.9 Å². The van der Waals surface area contributed by atoms with Gasteiger partial charge in [-0.15, -0.1) is 0 Å². The fraction of sp³-hybridized carbons (Fsp3) is 1.00. The molecule has 3 nitrogen and oxygen atoms in total. The van der Waals surface area contributed by atoms with Crippen molar-refractivity contribution in [3.8, 4) is 0 Å². The predicted molar refractivity (Wildman–Crippen MR) is 84.6 cm³/mol. The van der Waals surface area contributed by atoms with Gasteiger partial charge in [-0.3, -0.25) is 4.90 Å². The predicted octanol–water partition coefficient (Wildman–Crippen LogP) is 2.28. The number of hydrogen-bond donors (Lipinski definition) is 1. The summed E-state index contributed by atoms with van der Waals surface area (Å²) in [5.41, 5.74) is 0. The van der Waals surface area contributed by atoms with Gasteiger partial charge >= 0.3 is 0 Å². The molecule has 0 radical (unpaired) electrons. The van der Waals surface area contributed by atoms with E-state index in [-0.39, 0.29) is 0 Å². The molecule has 0 amide bonds. The zero-order valence-corrected chi connectivity index (χ0v) is 13.8. The van der Waals surface area contributed by atoms with Crippen molar-refractivity contribution in [2.24, 2.45) is 11.8 Å². The Morgan fingerprint density at radius 1 is 0.895 bits per heavy atom. The molecule has 0 aromatic carbocycles. The lowest BCUT2D eigenvalue weighted by atomic mass is 10.1. The van der Waals surface area contributed by atoms with Gasteiger partial charge in [-0.1, -0.05) is 27.7 Å². The first kappa shape index (κ1) is 16.9. The Labute approximate surface area is 120 Å². The van der Waals surface area contributed by atoms with Crippen LogP contribution in [0.3, 0.4) is 0 Å². The number of nitrogens with one attached hydrogen (secondary N) is 1. The normalized spacial score (nSPS) is 20.4. The molecule has 3 heteroatoms. The summed E-state index contributed by atoms with van der Waals surface area (Å²) in [7, 11) is 0. The van der Waals surface area contributed by atoms with Gasteiger partial charge in [0, 0.05) is 45.3 Å². The molecule has 1 saturated heterocycles. The molecular formula is C16H35N3. The summed E-state index contributed by atoms with van der Waals surface area (Å²) >= 11 is 0. The van der Waals surface area contributed by atoms with Crippen molar-refractivity contribution in [3.63, 3.8) is 0 Å². The minimum atomic E-state index is 0.674. The fourth-order valence-electron chi connectivity index (χ4n) is 2.73. The van der Waals surface area contributed by atoms with E-state index >= 15 is 0 Å². The molecule has 1 fully saturated rings. The highest BCUT2D eigenvalue weighted by Crippen LogP contribution is 2.08. The summed E-state index contributed by atoms with van der Waals surface area (Å²) in [5.74, 6) is 1.60. The smallest absolute Gasteiger partial charge is 0.0193 e. The molecule has 1 rings (SSSR count). The zero-order chi connectivity index (χ0) is 14.3. The standard InChI is InChI=1S/C16H35N3/c1-14(2)6-7-17-12-16(5)19-10-8-18(9-11-19)13-15(3)4/h14-17H,6-13H2,1-5H3. The van der Waals surface area contributed by atoms with E-state index in [0.29, 0.717) is 6.04 Å². The number of nitrogens with zero attached hydrogens (tertiary/aromatic N) is 2. The maximum absolute atomic E-state index is 3.60. The Morgan fingerprint density at radius 3 is 2.05 bits per heavy atom. The summed E-state index contributed by atoms with van der Waals surface area (Å²) < 4.78 is 0. The first-order valence-corrected chi connectivity index (χ1v) is 8.16. The first-order chi connectivity index (χ1) is 8.99. The highest BCUT2D eigenvalue weighted by molar-refractivity contribution is 4.77. The molecule has 1 aliphatic rings. The maximum atomic E-state index is 3.60. The van der Waals surface area contributed by atoms with E-state index < -0.39 is 0 Å². The van der Waals surface area contributed by atoms with Crippen LogP contribution in [0.25, 0.3) is 0 Å². The quantitative estimate of drug-likeness (QED) is 0.682. The van der Waals surface area contributed by atoms with Crippen molar-refractivity contribution < 1.29 is 0 Å². The van der Waals surface area contributed by atoms with Crippen LogP contribution >= 0.6 is 0 Å². The molecule has 0 aromatic rings. The van der Waals surface area contributed by atoms with Crippen LogP contribution in [0.4, 0.5) is 0 Å². The molecule has 0 spiro atoms. The Balaban J connectivity index is 2.12. The second kappa shape index (κ2) is 8.93. The van der Waals surface area contributed by atoms with Crippen LogP contribution in [0.1, 0.15) is 41.0 Å². The molecule has 0 bridgehead atoms. The van der Waals surface area contributed by atoms with E-state index in [4.69, 9.17) is 0 Å². The van der Waals surface area contributed by atoms with Crippen molar-refractivity contribution in [1.82, 2.24) is 15.1 Å². The second-order valence-corrected chi connectivity index (χ2v) is 6.97. The molecule has 1 atom stereocenters. The molecular weight excluding hydrogens is 234 g/mol. The van der Waals surface area contributed by atoms with Gasteiger partial charge in [-0.05, 0) is 31.7 Å². The fourth-order valence-corrected chi connectivity index (χ4v) is 2.73. The van der Waals surface area contributed by atoms with Gasteiger partial charge in [0.05, 0.1) is 0 Å². The maximum Gasteiger partial charge on any atom is 0.0193 e. The highest BCUT2D eigenvalue weighted by atomic mass is 15.3. The second-order valence-electron chi connectivity index (χ2n) is 6.97. The van der Waals surface area contributed by atoms with Crippen LogP contribution in [0, 0.1) is 11.8 Å². The molecule has 1 unspecified atom stereocenters. The molecule has 0 aromatic heterocycles.